The van der Waals surface area contributed by atoms with Crippen molar-refractivity contribution in [3.63, 3.8) is 0 Å². The fraction of sp³-hybridized carbons (Fsp3) is 0.550. The SMILES string of the molecule is CC1=CC[C@@H]2[C@@H](C1)c1c(O)cc(C(C)(C)C(=O)Cl)cc1OC2(C)C. The van der Waals surface area contributed by atoms with E-state index in [1.807, 2.05) is 6.07 Å². The van der Waals surface area contributed by atoms with Crippen molar-refractivity contribution in [3.8, 4) is 11.5 Å². The second-order valence-electron chi connectivity index (χ2n) is 8.21. The minimum Gasteiger partial charge on any atom is -0.508 e. The highest BCUT2D eigenvalue weighted by Crippen LogP contribution is 2.54. The van der Waals surface area contributed by atoms with Crippen LogP contribution in [0.5, 0.6) is 11.5 Å². The molecule has 2 aliphatic rings. The highest BCUT2D eigenvalue weighted by Gasteiger charge is 2.46. The molecule has 0 unspecified atom stereocenters. The zero-order valence-corrected chi connectivity index (χ0v) is 15.7. The molecule has 1 aliphatic carbocycles. The van der Waals surface area contributed by atoms with E-state index in [4.69, 9.17) is 16.3 Å². The van der Waals surface area contributed by atoms with Crippen LogP contribution in [0.2, 0.25) is 0 Å². The van der Waals surface area contributed by atoms with Gasteiger partial charge in [-0.25, -0.2) is 0 Å². The molecule has 0 amide bonds. The summed E-state index contributed by atoms with van der Waals surface area (Å²) in [6.45, 7) is 9.86. The summed E-state index contributed by atoms with van der Waals surface area (Å²) in [7, 11) is 0. The molecule has 1 N–H and O–H groups in total. The Morgan fingerprint density at radius 1 is 1.38 bits per heavy atom. The van der Waals surface area contributed by atoms with Crippen LogP contribution in [0, 0.1) is 5.92 Å². The van der Waals surface area contributed by atoms with Gasteiger partial charge in [0.15, 0.2) is 0 Å². The number of halogens is 1. The molecule has 1 heterocycles. The summed E-state index contributed by atoms with van der Waals surface area (Å²) in [6.07, 6.45) is 4.16. The number of phenolic OH excluding ortho intramolecular Hbond substituents is 1. The van der Waals surface area contributed by atoms with Crippen LogP contribution in [-0.4, -0.2) is 16.0 Å². The molecule has 3 rings (SSSR count). The molecule has 4 heteroatoms. The van der Waals surface area contributed by atoms with Crippen molar-refractivity contribution in [2.45, 2.75) is 64.4 Å². The molecular weight excluding hydrogens is 324 g/mol. The van der Waals surface area contributed by atoms with E-state index in [1.54, 1.807) is 19.9 Å². The minimum absolute atomic E-state index is 0.202. The predicted octanol–water partition coefficient (Wildman–Crippen LogP) is 5.05. The van der Waals surface area contributed by atoms with Gasteiger partial charge in [-0.05, 0) is 76.8 Å². The second kappa shape index (κ2) is 5.52. The van der Waals surface area contributed by atoms with E-state index in [2.05, 4.69) is 26.8 Å². The second-order valence-corrected chi connectivity index (χ2v) is 8.56. The van der Waals surface area contributed by atoms with Crippen molar-refractivity contribution in [1.29, 1.82) is 0 Å². The van der Waals surface area contributed by atoms with Gasteiger partial charge in [0.1, 0.15) is 17.1 Å². The maximum atomic E-state index is 11.8. The summed E-state index contributed by atoms with van der Waals surface area (Å²) >= 11 is 5.76. The number of carbonyl (C=O) groups excluding carboxylic acids is 1. The largest absolute Gasteiger partial charge is 0.508 e. The first-order valence-electron chi connectivity index (χ1n) is 8.46. The van der Waals surface area contributed by atoms with Gasteiger partial charge in [0, 0.05) is 17.4 Å². The summed E-state index contributed by atoms with van der Waals surface area (Å²) < 4.78 is 6.28. The maximum Gasteiger partial charge on any atom is 0.231 e. The van der Waals surface area contributed by atoms with E-state index in [0.29, 0.717) is 17.2 Å². The maximum absolute atomic E-state index is 11.8. The molecule has 0 aromatic heterocycles. The van der Waals surface area contributed by atoms with Crippen LogP contribution in [0.3, 0.4) is 0 Å². The zero-order valence-electron chi connectivity index (χ0n) is 14.9. The molecular formula is C20H25ClO3. The lowest BCUT2D eigenvalue weighted by atomic mass is 9.67. The Morgan fingerprint density at radius 2 is 2.04 bits per heavy atom. The highest BCUT2D eigenvalue weighted by atomic mass is 35.5. The molecule has 1 aromatic rings. The Labute approximate surface area is 148 Å². The van der Waals surface area contributed by atoms with E-state index >= 15 is 0 Å². The first-order chi connectivity index (χ1) is 11.0. The normalized spacial score (nSPS) is 25.2. The summed E-state index contributed by atoms with van der Waals surface area (Å²) in [6, 6.07) is 3.55. The van der Waals surface area contributed by atoms with Crippen molar-refractivity contribution >= 4 is 16.8 Å². The Hall–Kier alpha value is -1.48. The Bertz CT molecular complexity index is 731. The summed E-state index contributed by atoms with van der Waals surface area (Å²) in [5.41, 5.74) is 1.69. The molecule has 0 saturated heterocycles. The summed E-state index contributed by atoms with van der Waals surface area (Å²) in [4.78, 5) is 11.8. The van der Waals surface area contributed by atoms with Gasteiger partial charge in [0.05, 0.1) is 5.41 Å². The molecule has 0 spiro atoms. The first kappa shape index (κ1) is 17.3. The van der Waals surface area contributed by atoms with Crippen LogP contribution in [0.25, 0.3) is 0 Å². The lowest BCUT2D eigenvalue weighted by Crippen LogP contribution is -2.45. The lowest BCUT2D eigenvalue weighted by Gasteiger charge is -2.47. The van der Waals surface area contributed by atoms with E-state index in [0.717, 1.165) is 18.4 Å². The Balaban J connectivity index is 2.16. The van der Waals surface area contributed by atoms with Crippen LogP contribution in [0.4, 0.5) is 0 Å². The molecule has 0 bridgehead atoms. The molecule has 0 fully saturated rings. The van der Waals surface area contributed by atoms with Gasteiger partial charge in [-0.3, -0.25) is 4.79 Å². The first-order valence-corrected chi connectivity index (χ1v) is 8.84. The number of aromatic hydroxyl groups is 1. The molecule has 0 radical (unpaired) electrons. The van der Waals surface area contributed by atoms with Gasteiger partial charge >= 0.3 is 0 Å². The van der Waals surface area contributed by atoms with Crippen molar-refractivity contribution in [2.75, 3.05) is 0 Å². The van der Waals surface area contributed by atoms with Gasteiger partial charge in [0.2, 0.25) is 5.24 Å². The molecule has 130 valence electrons. The summed E-state index contributed by atoms with van der Waals surface area (Å²) in [5.74, 6) is 1.44. The van der Waals surface area contributed by atoms with Crippen molar-refractivity contribution < 1.29 is 14.6 Å². The third kappa shape index (κ3) is 2.63. The Kier molecular flexibility index (Phi) is 3.99. The molecule has 24 heavy (non-hydrogen) atoms. The number of ether oxygens (including phenoxy) is 1. The van der Waals surface area contributed by atoms with Crippen LogP contribution in [0.1, 0.15) is 64.5 Å². The van der Waals surface area contributed by atoms with Crippen molar-refractivity contribution in [1.82, 2.24) is 0 Å². The van der Waals surface area contributed by atoms with Gasteiger partial charge in [-0.15, -0.1) is 0 Å². The quantitative estimate of drug-likeness (QED) is 0.601. The van der Waals surface area contributed by atoms with E-state index in [-0.39, 0.29) is 17.3 Å². The number of phenols is 1. The Morgan fingerprint density at radius 3 is 2.67 bits per heavy atom. The molecule has 3 nitrogen and oxygen atoms in total. The van der Waals surface area contributed by atoms with Crippen LogP contribution >= 0.6 is 11.6 Å². The van der Waals surface area contributed by atoms with Crippen LogP contribution < -0.4 is 4.74 Å². The third-order valence-electron chi connectivity index (χ3n) is 5.72. The monoisotopic (exact) mass is 348 g/mol. The smallest absolute Gasteiger partial charge is 0.231 e. The average Bonchev–Trinajstić information content (AvgIpc) is 2.45. The number of carbonyl (C=O) groups is 1. The predicted molar refractivity (Wildman–Crippen MR) is 95.9 cm³/mol. The lowest BCUT2D eigenvalue weighted by molar-refractivity contribution is -0.115. The van der Waals surface area contributed by atoms with E-state index in [9.17, 15) is 9.90 Å². The van der Waals surface area contributed by atoms with Crippen molar-refractivity contribution in [3.05, 3.63) is 34.9 Å². The molecule has 0 saturated carbocycles. The zero-order chi connectivity index (χ0) is 17.9. The molecule has 2 atom stereocenters. The van der Waals surface area contributed by atoms with Crippen LogP contribution in [-0.2, 0) is 10.2 Å². The number of benzene rings is 1. The van der Waals surface area contributed by atoms with Gasteiger partial charge < -0.3 is 9.84 Å². The third-order valence-corrected chi connectivity index (χ3v) is 6.19. The molecule has 1 aromatic carbocycles. The highest BCUT2D eigenvalue weighted by molar-refractivity contribution is 6.65. The number of fused-ring (bicyclic) bond motifs is 3. The van der Waals surface area contributed by atoms with Gasteiger partial charge in [-0.2, -0.15) is 0 Å². The van der Waals surface area contributed by atoms with Gasteiger partial charge in [0.25, 0.3) is 0 Å². The molecule has 1 aliphatic heterocycles. The number of hydrogen-bond donors (Lipinski definition) is 1. The van der Waals surface area contributed by atoms with E-state index in [1.165, 1.54) is 5.57 Å². The van der Waals surface area contributed by atoms with Gasteiger partial charge in [-0.1, -0.05) is 11.6 Å². The average molecular weight is 349 g/mol. The number of hydrogen-bond acceptors (Lipinski definition) is 3. The summed E-state index contributed by atoms with van der Waals surface area (Å²) in [5, 5.41) is 10.3. The topological polar surface area (TPSA) is 46.5 Å². The number of rotatable bonds is 2. The fourth-order valence-electron chi connectivity index (χ4n) is 4.04. The van der Waals surface area contributed by atoms with Crippen LogP contribution in [0.15, 0.2) is 23.8 Å². The fourth-order valence-corrected chi connectivity index (χ4v) is 4.15. The number of allylic oxidation sites excluding steroid dienone is 2. The standard InChI is InChI=1S/C20H25ClO3/c1-11-6-7-14-13(8-11)17-15(22)9-12(19(2,3)18(21)23)10-16(17)24-20(14,4)5/h6,9-10,13-14,22H,7-8H2,1-5H3/t13-,14-/m1/s1. The minimum atomic E-state index is -0.874. The van der Waals surface area contributed by atoms with Crippen molar-refractivity contribution in [2.24, 2.45) is 5.92 Å². The van der Waals surface area contributed by atoms with E-state index < -0.39 is 10.7 Å².